The van der Waals surface area contributed by atoms with Gasteiger partial charge in [0.05, 0.1) is 18.2 Å². The van der Waals surface area contributed by atoms with Crippen LogP contribution in [0.25, 0.3) is 5.32 Å². The molecule has 1 saturated carbocycles. The van der Waals surface area contributed by atoms with Gasteiger partial charge in [-0.05, 0) is 107 Å². The smallest absolute Gasteiger partial charge is 0.661 e. The Morgan fingerprint density at radius 2 is 1.47 bits per heavy atom. The molecule has 1 amide bonds. The number of hydrogen-bond acceptors (Lipinski definition) is 7. The van der Waals surface area contributed by atoms with Gasteiger partial charge in [0.25, 0.3) is 0 Å². The van der Waals surface area contributed by atoms with Gasteiger partial charge in [-0.1, -0.05) is 185 Å². The molecule has 3 aliphatic rings. The number of unbranched alkanes of at least 4 members (excludes halogenated alkanes) is 3. The molecule has 1 aliphatic heterocycles. The minimum atomic E-state index is -0.449. The van der Waals surface area contributed by atoms with Crippen molar-refractivity contribution in [1.82, 2.24) is 14.7 Å². The van der Waals surface area contributed by atoms with Gasteiger partial charge >= 0.3 is 51.4 Å². The van der Waals surface area contributed by atoms with Gasteiger partial charge in [0, 0.05) is 82.1 Å². The van der Waals surface area contributed by atoms with Crippen LogP contribution in [0.4, 0.5) is 0 Å². The van der Waals surface area contributed by atoms with Crippen molar-refractivity contribution >= 4 is 17.5 Å². The van der Waals surface area contributed by atoms with E-state index in [1.165, 1.54) is 75.4 Å². The number of likely N-dealkylation sites (N-methyl/N-ethyl adjacent to an activating group) is 2. The zero-order valence-electron chi connectivity index (χ0n) is 53.8. The number of carbonyl (C=O) groups is 3. The number of amides is 1. The maximum Gasteiger partial charge on any atom is 1.00 e. The molecule has 3 rings (SSSR count). The Hall–Kier alpha value is -1.47. The normalized spacial score (nSPS) is 18.7. The Labute approximate surface area is 513 Å². The Bertz CT molecular complexity index is 1770. The summed E-state index contributed by atoms with van der Waals surface area (Å²) in [5.74, 6) is 1.19. The molecule has 0 spiro atoms. The number of ketones is 2. The van der Waals surface area contributed by atoms with E-state index in [1.807, 2.05) is 65.7 Å². The van der Waals surface area contributed by atoms with E-state index in [4.69, 9.17) is 9.47 Å². The number of fused-ring (bicyclic) bond motifs is 1. The zero-order chi connectivity index (χ0) is 57.5. The molecule has 2 aliphatic carbocycles. The molecule has 0 bridgehead atoms. The first-order valence-electron chi connectivity index (χ1n) is 29.8. The third-order valence-corrected chi connectivity index (χ3v) is 15.9. The summed E-state index contributed by atoms with van der Waals surface area (Å²) >= 11 is 0. The SMILES string of the molecule is C/C=C/C(C)C(=O)[C@H](C)CC(C)(C)C[C@@H](C)C(=O)C(C)C(N(CC[N-]CC)C(C)=O)C(C)(C)[C@@H](CC)OC.CCCC.CCCC/C=C/C1=CN(C)C2C=CC=CC2=C1.COC(CC(CC(C)C)N(C)C)C1CCC1.[K+]. The molecule has 6 unspecified atom stereocenters. The van der Waals surface area contributed by atoms with Gasteiger partial charge in [-0.15, -0.1) is 6.54 Å². The van der Waals surface area contributed by atoms with Gasteiger partial charge in [-0.2, -0.15) is 6.54 Å². The number of rotatable bonds is 31. The fourth-order valence-corrected chi connectivity index (χ4v) is 11.6. The maximum absolute atomic E-state index is 14.0. The molecular weight excluding hydrogens is 968 g/mol. The predicted octanol–water partition coefficient (Wildman–Crippen LogP) is 13.1. The summed E-state index contributed by atoms with van der Waals surface area (Å²) in [5.41, 5.74) is 2.06. The average molecular weight is 1090 g/mol. The van der Waals surface area contributed by atoms with Crippen molar-refractivity contribution in [2.24, 2.45) is 46.3 Å². The van der Waals surface area contributed by atoms with E-state index in [0.717, 1.165) is 24.7 Å². The third kappa shape index (κ3) is 28.3. The van der Waals surface area contributed by atoms with Gasteiger partial charge in [-0.3, -0.25) is 14.4 Å². The van der Waals surface area contributed by atoms with Crippen LogP contribution in [0.15, 0.2) is 72.0 Å². The van der Waals surface area contributed by atoms with E-state index < -0.39 is 5.41 Å². The topological polar surface area (TPSA) is 93.5 Å². The Morgan fingerprint density at radius 3 is 1.93 bits per heavy atom. The minimum absolute atomic E-state index is 0. The average Bonchev–Trinajstić information content (AvgIpc) is 3.33. The predicted molar refractivity (Wildman–Crippen MR) is 324 cm³/mol. The minimum Gasteiger partial charge on any atom is -0.661 e. The van der Waals surface area contributed by atoms with E-state index in [0.29, 0.717) is 44.2 Å². The Morgan fingerprint density at radius 1 is 0.868 bits per heavy atom. The largest absolute Gasteiger partial charge is 1.00 e. The Balaban J connectivity index is 0. The molecule has 10 heteroatoms. The first kappa shape index (κ1) is 76.6. The zero-order valence-corrected chi connectivity index (χ0v) is 56.9. The van der Waals surface area contributed by atoms with Crippen LogP contribution in [0.3, 0.4) is 0 Å². The van der Waals surface area contributed by atoms with Crippen molar-refractivity contribution in [2.45, 2.75) is 232 Å². The van der Waals surface area contributed by atoms with Crippen molar-refractivity contribution < 1.29 is 75.2 Å². The molecule has 0 aromatic carbocycles. The van der Waals surface area contributed by atoms with E-state index in [-0.39, 0.29) is 110 Å². The van der Waals surface area contributed by atoms with Crippen molar-refractivity contribution in [3.05, 3.63) is 77.3 Å². The molecule has 0 aromatic rings. The molecular formula is C66H119KN4O5. The molecule has 1 heterocycles. The number of carbonyl (C=O) groups excluding carboxylic acids is 3. The molecule has 0 N–H and O–H groups in total. The molecule has 9 atom stereocenters. The second kappa shape index (κ2) is 41.5. The van der Waals surface area contributed by atoms with Gasteiger partial charge in [0.2, 0.25) is 5.91 Å². The van der Waals surface area contributed by atoms with Crippen molar-refractivity contribution in [1.29, 1.82) is 0 Å². The summed E-state index contributed by atoms with van der Waals surface area (Å²) in [4.78, 5) is 46.3. The number of nitrogens with zero attached hydrogens (tertiary/aromatic N) is 4. The van der Waals surface area contributed by atoms with Crippen molar-refractivity contribution in [3.8, 4) is 0 Å². The molecule has 9 nitrogen and oxygen atoms in total. The van der Waals surface area contributed by atoms with E-state index in [2.05, 4.69) is 154 Å². The fourth-order valence-electron chi connectivity index (χ4n) is 11.6. The number of ether oxygens (including phenoxy) is 2. The van der Waals surface area contributed by atoms with E-state index in [1.54, 1.807) is 14.0 Å². The number of methoxy groups -OCH3 is 2. The summed E-state index contributed by atoms with van der Waals surface area (Å²) in [6, 6.07) is 0.774. The summed E-state index contributed by atoms with van der Waals surface area (Å²) in [5, 5.41) is 4.46. The number of Topliss-reactive ketones (excluding diaryl/α,β-unsaturated/α-hetero) is 2. The molecule has 0 radical (unpaired) electrons. The number of allylic oxidation sites excluding steroid dienone is 8. The molecule has 0 aromatic heterocycles. The maximum atomic E-state index is 14.0. The quantitative estimate of drug-likeness (QED) is 0.0388. The Kier molecular flexibility index (Phi) is 41.8. The van der Waals surface area contributed by atoms with E-state index in [9.17, 15) is 14.4 Å². The van der Waals surface area contributed by atoms with Crippen LogP contribution in [0.1, 0.15) is 201 Å². The van der Waals surface area contributed by atoms with Gasteiger partial charge in [0.15, 0.2) is 0 Å². The van der Waals surface area contributed by atoms with Gasteiger partial charge in [0.1, 0.15) is 11.6 Å². The third-order valence-electron chi connectivity index (χ3n) is 15.9. The standard InChI is InChI=1S/C32H59N2O4.C16H21N.C14H29NO.C4H10.K/c1-14-17-22(4)28(36)23(5)20-31(9,10)21-24(6)29(37)25(7)30(32(11,12)27(15-2)38-13)34(26(8)35)19-18-33-16-3;1-3-4-5-6-9-14-12-15-10-7-8-11-16(15)17(2)13-14;1-11(2)9-13(15(3)4)10-14(16-5)12-7-6-8-12;1-3-4-2;/h14,17,22-25,27,30H,15-16,18-21H2,1-13H3;6-13,16H,3-5H2,1-2H3;11-14H,6-10H2,1-5H3;3-4H2,1-2H3;/q-1;;;;+1/b17-14+;9-6+;;;/t22?,23-,24-,25?,27-,30?;;;;/m1..../s1. The van der Waals surface area contributed by atoms with Crippen LogP contribution in [-0.4, -0.2) is 118 Å². The first-order valence-corrected chi connectivity index (χ1v) is 29.8. The van der Waals surface area contributed by atoms with Crippen LogP contribution in [0.2, 0.25) is 0 Å². The second-order valence-electron chi connectivity index (χ2n) is 24.3. The van der Waals surface area contributed by atoms with Crippen LogP contribution in [-0.2, 0) is 23.9 Å². The summed E-state index contributed by atoms with van der Waals surface area (Å²) in [6.45, 7) is 37.0. The van der Waals surface area contributed by atoms with Crippen LogP contribution >= 0.6 is 0 Å². The first-order chi connectivity index (χ1) is 35.3. The second-order valence-corrected chi connectivity index (χ2v) is 24.3. The fraction of sp³-hybridized carbons (Fsp3) is 0.773. The summed E-state index contributed by atoms with van der Waals surface area (Å²) in [7, 11) is 10.1. The van der Waals surface area contributed by atoms with Gasteiger partial charge < -0.3 is 29.5 Å². The monoisotopic (exact) mass is 1090 g/mol. The molecule has 434 valence electrons. The summed E-state index contributed by atoms with van der Waals surface area (Å²) < 4.78 is 11.6. The van der Waals surface area contributed by atoms with Crippen molar-refractivity contribution in [3.63, 3.8) is 0 Å². The van der Waals surface area contributed by atoms with Crippen LogP contribution in [0, 0.1) is 46.3 Å². The summed E-state index contributed by atoms with van der Waals surface area (Å²) in [6.07, 6.45) is 37.1. The van der Waals surface area contributed by atoms with Gasteiger partial charge in [-0.25, -0.2) is 0 Å². The van der Waals surface area contributed by atoms with Crippen molar-refractivity contribution in [2.75, 3.05) is 55.0 Å². The number of hydrogen-bond donors (Lipinski definition) is 0. The van der Waals surface area contributed by atoms with Crippen LogP contribution < -0.4 is 51.4 Å². The molecule has 76 heavy (non-hydrogen) atoms. The van der Waals surface area contributed by atoms with Crippen LogP contribution in [0.5, 0.6) is 0 Å². The van der Waals surface area contributed by atoms with E-state index >= 15 is 0 Å². The molecule has 1 fully saturated rings. The molecule has 0 saturated heterocycles.